The van der Waals surface area contributed by atoms with Crippen molar-refractivity contribution in [2.24, 2.45) is 0 Å². The quantitative estimate of drug-likeness (QED) is 0.627. The van der Waals surface area contributed by atoms with E-state index in [2.05, 4.69) is 39.4 Å². The summed E-state index contributed by atoms with van der Waals surface area (Å²) in [5.41, 5.74) is 4.65. The smallest absolute Gasteiger partial charge is 0.273 e. The Labute approximate surface area is 177 Å². The first-order chi connectivity index (χ1) is 14.8. The minimum Gasteiger partial charge on any atom is -0.494 e. The molecule has 1 aliphatic heterocycles. The van der Waals surface area contributed by atoms with Crippen molar-refractivity contribution in [3.8, 4) is 17.0 Å². The molecule has 0 spiro atoms. The summed E-state index contributed by atoms with van der Waals surface area (Å²) in [6.45, 7) is 2.62. The Hall–Kier alpha value is -3.08. The lowest BCUT2D eigenvalue weighted by Gasteiger charge is -2.36. The highest BCUT2D eigenvalue weighted by Gasteiger charge is 2.45. The molecule has 1 atom stereocenters. The second-order valence-electron chi connectivity index (χ2n) is 8.14. The number of aromatic amines is 1. The average molecular weight is 402 g/mol. The lowest BCUT2D eigenvalue weighted by atomic mass is 9.91. The number of rotatable bonds is 5. The maximum absolute atomic E-state index is 13.5. The van der Waals surface area contributed by atoms with E-state index in [0.29, 0.717) is 12.3 Å². The molecule has 1 aliphatic carbocycles. The van der Waals surface area contributed by atoms with Crippen molar-refractivity contribution >= 4 is 5.91 Å². The fraction of sp³-hybridized carbons (Fsp3) is 0.360. The maximum atomic E-state index is 13.5. The summed E-state index contributed by atoms with van der Waals surface area (Å²) >= 11 is 0. The molecule has 1 amide bonds. The van der Waals surface area contributed by atoms with E-state index in [-0.39, 0.29) is 18.0 Å². The second kappa shape index (κ2) is 7.98. The van der Waals surface area contributed by atoms with Crippen LogP contribution in [0.15, 0.2) is 54.6 Å². The first-order valence-electron chi connectivity index (χ1n) is 11.0. The zero-order chi connectivity index (χ0) is 20.5. The highest BCUT2D eigenvalue weighted by molar-refractivity contribution is 6.00. The van der Waals surface area contributed by atoms with E-state index < -0.39 is 0 Å². The normalized spacial score (nSPS) is 19.2. The van der Waals surface area contributed by atoms with Gasteiger partial charge in [0.2, 0.25) is 0 Å². The predicted molar refractivity (Wildman–Crippen MR) is 117 cm³/mol. The summed E-state index contributed by atoms with van der Waals surface area (Å²) in [6.07, 6.45) is 5.76. The lowest BCUT2D eigenvalue weighted by molar-refractivity contribution is 0.0606. The molecule has 0 saturated heterocycles. The van der Waals surface area contributed by atoms with Crippen molar-refractivity contribution in [2.75, 3.05) is 6.61 Å². The van der Waals surface area contributed by atoms with Gasteiger partial charge in [-0.3, -0.25) is 9.89 Å². The highest BCUT2D eigenvalue weighted by atomic mass is 16.5. The monoisotopic (exact) mass is 401 g/mol. The fourth-order valence-electron chi connectivity index (χ4n) is 4.96. The number of nitrogens with one attached hydrogen (secondary N) is 1. The van der Waals surface area contributed by atoms with Gasteiger partial charge in [0.05, 0.1) is 18.3 Å². The Balaban J connectivity index is 1.62. The molecule has 1 aromatic heterocycles. The van der Waals surface area contributed by atoms with Crippen molar-refractivity contribution in [3.05, 3.63) is 71.4 Å². The Morgan fingerprint density at radius 1 is 1.03 bits per heavy atom. The second-order valence-corrected chi connectivity index (χ2v) is 8.14. The zero-order valence-corrected chi connectivity index (χ0v) is 17.3. The third-order valence-corrected chi connectivity index (χ3v) is 6.33. The number of carbonyl (C=O) groups is 1. The van der Waals surface area contributed by atoms with Crippen LogP contribution in [0, 0.1) is 0 Å². The highest BCUT2D eigenvalue weighted by Crippen LogP contribution is 2.45. The van der Waals surface area contributed by atoms with E-state index in [0.717, 1.165) is 41.0 Å². The third kappa shape index (κ3) is 3.18. The summed E-state index contributed by atoms with van der Waals surface area (Å²) in [4.78, 5) is 15.6. The SMILES string of the molecule is CCOc1ccc(C2c3c(-c4ccccc4)n[nH]c3C(=O)N2C2CCCCC2)cc1. The van der Waals surface area contributed by atoms with Gasteiger partial charge in [0, 0.05) is 17.2 Å². The number of carbonyl (C=O) groups excluding carboxylic acids is 1. The minimum atomic E-state index is -0.125. The topological polar surface area (TPSA) is 58.2 Å². The van der Waals surface area contributed by atoms with Crippen LogP contribution < -0.4 is 4.74 Å². The van der Waals surface area contributed by atoms with Crippen LogP contribution in [0.1, 0.15) is 66.7 Å². The third-order valence-electron chi connectivity index (χ3n) is 6.33. The van der Waals surface area contributed by atoms with Crippen molar-refractivity contribution in [3.63, 3.8) is 0 Å². The number of benzene rings is 2. The number of H-pyrrole nitrogens is 1. The van der Waals surface area contributed by atoms with Crippen LogP contribution in [0.4, 0.5) is 0 Å². The van der Waals surface area contributed by atoms with Crippen LogP contribution in [-0.2, 0) is 0 Å². The Kier molecular flexibility index (Phi) is 5.03. The molecule has 2 heterocycles. The van der Waals surface area contributed by atoms with Crippen molar-refractivity contribution in [2.45, 2.75) is 51.1 Å². The van der Waals surface area contributed by atoms with Crippen LogP contribution in [0.3, 0.4) is 0 Å². The first kappa shape index (κ1) is 18.9. The van der Waals surface area contributed by atoms with Gasteiger partial charge in [0.1, 0.15) is 11.4 Å². The van der Waals surface area contributed by atoms with Gasteiger partial charge < -0.3 is 9.64 Å². The number of nitrogens with zero attached hydrogens (tertiary/aromatic N) is 2. The van der Waals surface area contributed by atoms with Gasteiger partial charge in [-0.15, -0.1) is 0 Å². The van der Waals surface area contributed by atoms with Gasteiger partial charge in [0.15, 0.2) is 0 Å². The minimum absolute atomic E-state index is 0.0745. The maximum Gasteiger partial charge on any atom is 0.273 e. The van der Waals surface area contributed by atoms with Gasteiger partial charge in [-0.2, -0.15) is 5.10 Å². The van der Waals surface area contributed by atoms with Gasteiger partial charge in [-0.1, -0.05) is 61.7 Å². The number of fused-ring (bicyclic) bond motifs is 1. The van der Waals surface area contributed by atoms with Crippen LogP contribution in [0.2, 0.25) is 0 Å². The number of hydrogen-bond donors (Lipinski definition) is 1. The number of ether oxygens (including phenoxy) is 1. The summed E-state index contributed by atoms with van der Waals surface area (Å²) in [5.74, 6) is 0.927. The average Bonchev–Trinajstić information content (AvgIpc) is 3.35. The summed E-state index contributed by atoms with van der Waals surface area (Å²) in [6, 6.07) is 18.5. The largest absolute Gasteiger partial charge is 0.494 e. The molecule has 2 aromatic carbocycles. The van der Waals surface area contributed by atoms with Gasteiger partial charge in [-0.05, 0) is 37.5 Å². The molecule has 3 aromatic rings. The molecule has 5 rings (SSSR count). The molecule has 30 heavy (non-hydrogen) atoms. The standard InChI is InChI=1S/C25H27N3O2/c1-2-30-20-15-13-18(14-16-20)24-21-22(17-9-5-3-6-10-17)26-27-23(21)25(29)28(24)19-11-7-4-8-12-19/h3,5-6,9-10,13-16,19,24H,2,4,7-8,11-12H2,1H3,(H,26,27). The van der Waals surface area contributed by atoms with E-state index in [9.17, 15) is 4.79 Å². The molecule has 0 bridgehead atoms. The van der Waals surface area contributed by atoms with Gasteiger partial charge >= 0.3 is 0 Å². The Morgan fingerprint density at radius 3 is 2.47 bits per heavy atom. The van der Waals surface area contributed by atoms with E-state index >= 15 is 0 Å². The lowest BCUT2D eigenvalue weighted by Crippen LogP contribution is -2.40. The molecule has 5 nitrogen and oxygen atoms in total. The molecular weight excluding hydrogens is 374 g/mol. The molecular formula is C25H27N3O2. The van der Waals surface area contributed by atoms with Crippen molar-refractivity contribution < 1.29 is 9.53 Å². The summed E-state index contributed by atoms with van der Waals surface area (Å²) in [7, 11) is 0. The molecule has 1 unspecified atom stereocenters. The molecule has 1 N–H and O–H groups in total. The van der Waals surface area contributed by atoms with E-state index in [1.165, 1.54) is 19.3 Å². The number of hydrogen-bond acceptors (Lipinski definition) is 3. The Bertz CT molecular complexity index is 1020. The van der Waals surface area contributed by atoms with Crippen LogP contribution in [-0.4, -0.2) is 33.7 Å². The van der Waals surface area contributed by atoms with Crippen molar-refractivity contribution in [1.29, 1.82) is 0 Å². The zero-order valence-electron chi connectivity index (χ0n) is 17.3. The molecule has 1 saturated carbocycles. The fourth-order valence-corrected chi connectivity index (χ4v) is 4.96. The predicted octanol–water partition coefficient (Wildman–Crippen LogP) is 5.35. The van der Waals surface area contributed by atoms with E-state index in [1.807, 2.05) is 37.3 Å². The van der Waals surface area contributed by atoms with Crippen LogP contribution in [0.5, 0.6) is 5.75 Å². The van der Waals surface area contributed by atoms with Crippen LogP contribution in [0.25, 0.3) is 11.3 Å². The molecule has 1 fully saturated rings. The van der Waals surface area contributed by atoms with Crippen LogP contribution >= 0.6 is 0 Å². The summed E-state index contributed by atoms with van der Waals surface area (Å²) in [5, 5.41) is 7.63. The number of amides is 1. The molecule has 2 aliphatic rings. The Morgan fingerprint density at radius 2 is 1.77 bits per heavy atom. The summed E-state index contributed by atoms with van der Waals surface area (Å²) < 4.78 is 5.64. The van der Waals surface area contributed by atoms with Crippen molar-refractivity contribution in [1.82, 2.24) is 15.1 Å². The van der Waals surface area contributed by atoms with E-state index in [1.54, 1.807) is 0 Å². The first-order valence-corrected chi connectivity index (χ1v) is 11.0. The number of aromatic nitrogens is 2. The van der Waals surface area contributed by atoms with Gasteiger partial charge in [-0.25, -0.2) is 0 Å². The molecule has 0 radical (unpaired) electrons. The van der Waals surface area contributed by atoms with E-state index in [4.69, 9.17) is 4.74 Å². The van der Waals surface area contributed by atoms with Gasteiger partial charge in [0.25, 0.3) is 5.91 Å². The molecule has 154 valence electrons. The molecule has 5 heteroatoms.